The molecule has 3 heterocycles. The second-order valence-electron chi connectivity index (χ2n) is 12.4. The maximum atomic E-state index is 13.7. The lowest BCUT2D eigenvalue weighted by Gasteiger charge is -2.43. The number of Topliss-reactive ketones (excluding diaryl/α,β-unsaturated/α-hetero) is 1. The number of amides is 2. The molecule has 1 aliphatic carbocycles. The number of carbonyl (C=O) groups excluding carboxylic acids is 3. The molecule has 11 nitrogen and oxygen atoms in total. The maximum Gasteiger partial charge on any atom is 0.251 e. The average molecular weight is 538 g/mol. The van der Waals surface area contributed by atoms with Crippen LogP contribution in [0.2, 0.25) is 0 Å². The monoisotopic (exact) mass is 537 g/mol. The molecule has 210 valence electrons. The van der Waals surface area contributed by atoms with Crippen molar-refractivity contribution < 1.29 is 19.1 Å². The minimum Gasteiger partial charge on any atom is -0.369 e. The zero-order valence-corrected chi connectivity index (χ0v) is 23.1. The smallest absolute Gasteiger partial charge is 0.251 e. The standard InChI is InChI=1S/C28H39N7O4/c1-28(2,3)15-21(27(38)35-16-22(31-32-29)25-24(35)23(36)17-39-25)30-26(37)18-7-9-20(10-8-18)34-13-11-33(12-14-34)19-5-4-6-19/h7-10,19,21-22,24-25H,4-6,11-17H2,1-3H3,(H,30,37)/t21-,22+,24+,25+/m0/s1. The van der Waals surface area contributed by atoms with Crippen LogP contribution in [0.5, 0.6) is 0 Å². The zero-order chi connectivity index (χ0) is 27.7. The molecule has 5 rings (SSSR count). The summed E-state index contributed by atoms with van der Waals surface area (Å²) in [5, 5.41) is 6.69. The Morgan fingerprint density at radius 2 is 1.85 bits per heavy atom. The van der Waals surface area contributed by atoms with Gasteiger partial charge in [0.05, 0.1) is 12.1 Å². The highest BCUT2D eigenvalue weighted by atomic mass is 16.5. The Labute approximate surface area is 229 Å². The first-order valence-electron chi connectivity index (χ1n) is 14.0. The van der Waals surface area contributed by atoms with E-state index in [2.05, 4.69) is 25.1 Å². The van der Waals surface area contributed by atoms with E-state index in [0.717, 1.165) is 37.9 Å². The third kappa shape index (κ3) is 5.90. The van der Waals surface area contributed by atoms with Crippen LogP contribution in [-0.4, -0.2) is 97.0 Å². The van der Waals surface area contributed by atoms with Crippen LogP contribution in [0.15, 0.2) is 29.4 Å². The summed E-state index contributed by atoms with van der Waals surface area (Å²) in [6.45, 7) is 10.0. The summed E-state index contributed by atoms with van der Waals surface area (Å²) in [6.07, 6.45) is 3.72. The van der Waals surface area contributed by atoms with Crippen molar-refractivity contribution in [3.8, 4) is 0 Å². The molecule has 11 heteroatoms. The number of benzene rings is 1. The molecule has 3 saturated heterocycles. The van der Waals surface area contributed by atoms with Gasteiger partial charge in [0.25, 0.3) is 5.91 Å². The van der Waals surface area contributed by atoms with Gasteiger partial charge in [0, 0.05) is 54.9 Å². The van der Waals surface area contributed by atoms with Crippen LogP contribution in [0.1, 0.15) is 56.8 Å². The predicted octanol–water partition coefficient (Wildman–Crippen LogP) is 2.75. The van der Waals surface area contributed by atoms with Crippen LogP contribution in [0.3, 0.4) is 0 Å². The Balaban J connectivity index is 1.25. The predicted molar refractivity (Wildman–Crippen MR) is 146 cm³/mol. The molecule has 4 aliphatic rings. The summed E-state index contributed by atoms with van der Waals surface area (Å²) >= 11 is 0. The molecule has 0 bridgehead atoms. The van der Waals surface area contributed by atoms with Gasteiger partial charge in [-0.3, -0.25) is 19.3 Å². The second kappa shape index (κ2) is 11.2. The fourth-order valence-electron chi connectivity index (χ4n) is 6.20. The number of hydrogen-bond donors (Lipinski definition) is 1. The number of hydrogen-bond acceptors (Lipinski definition) is 7. The summed E-state index contributed by atoms with van der Waals surface area (Å²) < 4.78 is 5.55. The van der Waals surface area contributed by atoms with Gasteiger partial charge in [0.2, 0.25) is 5.91 Å². The van der Waals surface area contributed by atoms with Gasteiger partial charge < -0.3 is 19.9 Å². The number of ketones is 1. The van der Waals surface area contributed by atoms with Gasteiger partial charge in [-0.2, -0.15) is 0 Å². The summed E-state index contributed by atoms with van der Waals surface area (Å²) in [7, 11) is 0. The van der Waals surface area contributed by atoms with Crippen molar-refractivity contribution in [2.75, 3.05) is 44.2 Å². The number of likely N-dealkylation sites (tertiary alicyclic amines) is 1. The summed E-state index contributed by atoms with van der Waals surface area (Å²) in [6, 6.07) is 6.05. The normalized spacial score (nSPS) is 26.5. The van der Waals surface area contributed by atoms with E-state index in [-0.39, 0.29) is 36.2 Å². The van der Waals surface area contributed by atoms with Gasteiger partial charge in [0.15, 0.2) is 5.78 Å². The quantitative estimate of drug-likeness (QED) is 0.323. The van der Waals surface area contributed by atoms with Crippen molar-refractivity contribution >= 4 is 23.3 Å². The van der Waals surface area contributed by atoms with Crippen molar-refractivity contribution in [2.45, 2.75) is 76.7 Å². The molecular weight excluding hydrogens is 498 g/mol. The third-order valence-electron chi connectivity index (χ3n) is 8.46. The van der Waals surface area contributed by atoms with Crippen LogP contribution >= 0.6 is 0 Å². The Morgan fingerprint density at radius 3 is 2.44 bits per heavy atom. The number of ether oxygens (including phenoxy) is 1. The van der Waals surface area contributed by atoms with Crippen LogP contribution in [-0.2, 0) is 14.3 Å². The van der Waals surface area contributed by atoms with Gasteiger partial charge in [-0.25, -0.2) is 0 Å². The topological polar surface area (TPSA) is 131 Å². The molecule has 1 saturated carbocycles. The fourth-order valence-corrected chi connectivity index (χ4v) is 6.20. The molecule has 39 heavy (non-hydrogen) atoms. The molecule has 0 spiro atoms. The first-order valence-corrected chi connectivity index (χ1v) is 14.0. The van der Waals surface area contributed by atoms with Gasteiger partial charge in [-0.05, 0) is 54.5 Å². The van der Waals surface area contributed by atoms with Crippen LogP contribution < -0.4 is 10.2 Å². The van der Waals surface area contributed by atoms with Gasteiger partial charge in [-0.1, -0.05) is 32.3 Å². The Morgan fingerprint density at radius 1 is 1.15 bits per heavy atom. The highest BCUT2D eigenvalue weighted by Gasteiger charge is 2.53. The van der Waals surface area contributed by atoms with E-state index >= 15 is 0 Å². The lowest BCUT2D eigenvalue weighted by Crippen LogP contribution is -2.53. The van der Waals surface area contributed by atoms with E-state index in [1.54, 1.807) is 12.1 Å². The highest BCUT2D eigenvalue weighted by molar-refractivity contribution is 5.99. The lowest BCUT2D eigenvalue weighted by molar-refractivity contribution is -0.138. The summed E-state index contributed by atoms with van der Waals surface area (Å²) in [4.78, 5) is 48.9. The van der Waals surface area contributed by atoms with Gasteiger partial charge >= 0.3 is 0 Å². The highest BCUT2D eigenvalue weighted by Crippen LogP contribution is 2.32. The van der Waals surface area contributed by atoms with Crippen LogP contribution in [0, 0.1) is 5.41 Å². The second-order valence-corrected chi connectivity index (χ2v) is 12.4. The number of rotatable bonds is 7. The van der Waals surface area contributed by atoms with E-state index in [1.165, 1.54) is 24.2 Å². The minimum absolute atomic E-state index is 0.0865. The van der Waals surface area contributed by atoms with Crippen LogP contribution in [0.25, 0.3) is 10.4 Å². The van der Waals surface area contributed by atoms with E-state index in [1.807, 2.05) is 32.9 Å². The number of piperazine rings is 1. The summed E-state index contributed by atoms with van der Waals surface area (Å²) in [5.74, 6) is -0.909. The van der Waals surface area contributed by atoms with E-state index in [9.17, 15) is 14.4 Å². The molecular formula is C28H39N7O4. The first-order chi connectivity index (χ1) is 18.6. The number of azide groups is 1. The molecule has 0 unspecified atom stereocenters. The largest absolute Gasteiger partial charge is 0.369 e. The molecule has 1 aromatic carbocycles. The molecule has 2 amide bonds. The van der Waals surface area contributed by atoms with E-state index < -0.39 is 24.2 Å². The lowest BCUT2D eigenvalue weighted by atomic mass is 9.87. The third-order valence-corrected chi connectivity index (χ3v) is 8.46. The van der Waals surface area contributed by atoms with Crippen molar-refractivity contribution in [1.29, 1.82) is 0 Å². The molecule has 3 aliphatic heterocycles. The Hall–Kier alpha value is -3.14. The van der Waals surface area contributed by atoms with E-state index in [0.29, 0.717) is 12.0 Å². The molecule has 0 radical (unpaired) electrons. The summed E-state index contributed by atoms with van der Waals surface area (Å²) in [5.41, 5.74) is 10.2. The first kappa shape index (κ1) is 27.4. The van der Waals surface area contributed by atoms with Gasteiger partial charge in [-0.15, -0.1) is 0 Å². The van der Waals surface area contributed by atoms with E-state index in [4.69, 9.17) is 10.3 Å². The number of fused-ring (bicyclic) bond motifs is 1. The molecule has 4 fully saturated rings. The average Bonchev–Trinajstić information content (AvgIpc) is 3.43. The minimum atomic E-state index is -0.837. The maximum absolute atomic E-state index is 13.7. The van der Waals surface area contributed by atoms with Gasteiger partial charge in [0.1, 0.15) is 18.7 Å². The molecule has 0 aromatic heterocycles. The van der Waals surface area contributed by atoms with Crippen molar-refractivity contribution in [3.63, 3.8) is 0 Å². The number of anilines is 1. The Bertz CT molecular complexity index is 1130. The van der Waals surface area contributed by atoms with Crippen molar-refractivity contribution in [3.05, 3.63) is 40.3 Å². The van der Waals surface area contributed by atoms with Crippen LogP contribution in [0.4, 0.5) is 5.69 Å². The number of nitrogens with zero attached hydrogens (tertiary/aromatic N) is 6. The zero-order valence-electron chi connectivity index (χ0n) is 23.1. The fraction of sp³-hybridized carbons (Fsp3) is 0.679. The number of carbonyl (C=O) groups is 3. The van der Waals surface area contributed by atoms with Crippen molar-refractivity contribution in [1.82, 2.24) is 15.1 Å². The Kier molecular flexibility index (Phi) is 7.84. The molecule has 1 aromatic rings. The molecule has 4 atom stereocenters. The van der Waals surface area contributed by atoms with Crippen molar-refractivity contribution in [2.24, 2.45) is 10.5 Å². The number of nitrogens with one attached hydrogen (secondary N) is 1. The SMILES string of the molecule is CC(C)(C)C[C@H](NC(=O)c1ccc(N2CCN(C3CCC3)CC2)cc1)C(=O)N1C[C@@H](N=[N+]=[N-])[C@H]2OCC(=O)[C@H]21. The molecule has 1 N–H and O–H groups in total.